The van der Waals surface area contributed by atoms with E-state index >= 15 is 0 Å². The van der Waals surface area contributed by atoms with Gasteiger partial charge in [0.05, 0.1) is 0 Å². The van der Waals surface area contributed by atoms with Gasteiger partial charge in [0.1, 0.15) is 18.4 Å². The highest BCUT2D eigenvalue weighted by Gasteiger charge is 2.43. The number of amides is 2. The number of carbonyl (C=O) groups is 2. The second-order valence-electron chi connectivity index (χ2n) is 8.50. The first kappa shape index (κ1) is 21.8. The molecule has 1 saturated carbocycles. The molecule has 1 atom stereocenters. The summed E-state index contributed by atoms with van der Waals surface area (Å²) in [5.74, 6) is -0.730. The molecule has 1 heterocycles. The Morgan fingerprint density at radius 3 is 2.29 bits per heavy atom. The maximum atomic E-state index is 14.8. The van der Waals surface area contributed by atoms with E-state index in [1.807, 2.05) is 24.3 Å². The fourth-order valence-corrected chi connectivity index (χ4v) is 4.91. The maximum Gasteiger partial charge on any atom is 0.250 e. The number of hydrogen-bond acceptors (Lipinski definition) is 2. The summed E-state index contributed by atoms with van der Waals surface area (Å²) in [5.41, 5.74) is 1.29. The zero-order chi connectivity index (χ0) is 21.8. The third-order valence-electron chi connectivity index (χ3n) is 6.47. The summed E-state index contributed by atoms with van der Waals surface area (Å²) in [7, 11) is 0. The molecule has 0 N–H and O–H groups in total. The summed E-state index contributed by atoms with van der Waals surface area (Å²) in [6.45, 7) is 0.429. The molecule has 0 spiro atoms. The summed E-state index contributed by atoms with van der Waals surface area (Å²) in [6.07, 6.45) is 6.85. The standard InChI is InChI=1S/C25H28ClFN2O2/c26-19-13-11-18(12-14-19)15-16-28-23(30)17-29(20-7-3-1-2-4-8-20)25(31)24(28)21-9-5-6-10-22(21)27/h5-6,9-14,20,24H,1-4,7-8,15-17H2/t24-/m0/s1. The van der Waals surface area contributed by atoms with Crippen LogP contribution in [0.3, 0.4) is 0 Å². The predicted molar refractivity (Wildman–Crippen MR) is 119 cm³/mol. The van der Waals surface area contributed by atoms with Gasteiger partial charge in [-0.1, -0.05) is 67.6 Å². The van der Waals surface area contributed by atoms with Gasteiger partial charge in [-0.25, -0.2) is 4.39 Å². The fourth-order valence-electron chi connectivity index (χ4n) is 4.78. The molecule has 31 heavy (non-hydrogen) atoms. The van der Waals surface area contributed by atoms with E-state index in [1.165, 1.54) is 6.07 Å². The van der Waals surface area contributed by atoms with Crippen molar-refractivity contribution in [3.63, 3.8) is 0 Å². The zero-order valence-electron chi connectivity index (χ0n) is 17.6. The van der Waals surface area contributed by atoms with E-state index in [0.29, 0.717) is 18.0 Å². The van der Waals surface area contributed by atoms with E-state index in [-0.39, 0.29) is 30.0 Å². The summed E-state index contributed by atoms with van der Waals surface area (Å²) in [5, 5.41) is 0.649. The molecule has 0 radical (unpaired) electrons. The first-order valence-electron chi connectivity index (χ1n) is 11.1. The van der Waals surface area contributed by atoms with E-state index in [2.05, 4.69) is 0 Å². The summed E-state index contributed by atoms with van der Waals surface area (Å²) in [4.78, 5) is 30.2. The van der Waals surface area contributed by atoms with E-state index in [1.54, 1.807) is 28.0 Å². The average Bonchev–Trinajstić information content (AvgIpc) is 3.05. The van der Waals surface area contributed by atoms with Crippen LogP contribution in [0.2, 0.25) is 5.02 Å². The summed E-state index contributed by atoms with van der Waals surface area (Å²) < 4.78 is 14.8. The monoisotopic (exact) mass is 442 g/mol. The van der Waals surface area contributed by atoms with Gasteiger partial charge >= 0.3 is 0 Å². The zero-order valence-corrected chi connectivity index (χ0v) is 18.4. The van der Waals surface area contributed by atoms with Crippen molar-refractivity contribution in [2.75, 3.05) is 13.1 Å². The van der Waals surface area contributed by atoms with Gasteiger partial charge < -0.3 is 9.80 Å². The first-order valence-corrected chi connectivity index (χ1v) is 11.5. The Morgan fingerprint density at radius 1 is 0.935 bits per heavy atom. The number of benzene rings is 2. The number of hydrogen-bond donors (Lipinski definition) is 0. The van der Waals surface area contributed by atoms with Crippen molar-refractivity contribution in [3.05, 3.63) is 70.5 Å². The van der Waals surface area contributed by atoms with E-state index in [4.69, 9.17) is 11.6 Å². The lowest BCUT2D eigenvalue weighted by atomic mass is 9.96. The lowest BCUT2D eigenvalue weighted by Crippen LogP contribution is -2.58. The van der Waals surface area contributed by atoms with Gasteiger partial charge in [0, 0.05) is 23.2 Å². The second-order valence-corrected chi connectivity index (χ2v) is 8.94. The van der Waals surface area contributed by atoms with Crippen LogP contribution >= 0.6 is 11.6 Å². The topological polar surface area (TPSA) is 40.6 Å². The lowest BCUT2D eigenvalue weighted by Gasteiger charge is -2.43. The highest BCUT2D eigenvalue weighted by molar-refractivity contribution is 6.30. The normalized spacial score (nSPS) is 20.8. The quantitative estimate of drug-likeness (QED) is 0.600. The molecule has 2 aromatic carbocycles. The van der Waals surface area contributed by atoms with Crippen LogP contribution < -0.4 is 0 Å². The van der Waals surface area contributed by atoms with Gasteiger partial charge in [0.25, 0.3) is 5.91 Å². The van der Waals surface area contributed by atoms with Crippen molar-refractivity contribution < 1.29 is 14.0 Å². The van der Waals surface area contributed by atoms with Crippen LogP contribution in [0.25, 0.3) is 0 Å². The molecule has 0 unspecified atom stereocenters. The molecule has 4 nitrogen and oxygen atoms in total. The SMILES string of the molecule is O=C1[C@H](c2ccccc2F)N(CCc2ccc(Cl)cc2)C(=O)CN1C1CCCCCC1. The smallest absolute Gasteiger partial charge is 0.250 e. The van der Waals surface area contributed by atoms with E-state index in [0.717, 1.165) is 44.1 Å². The van der Waals surface area contributed by atoms with Crippen LogP contribution in [0.5, 0.6) is 0 Å². The average molecular weight is 443 g/mol. The van der Waals surface area contributed by atoms with Crippen LogP contribution in [0, 0.1) is 5.82 Å². The number of carbonyl (C=O) groups excluding carboxylic acids is 2. The number of halogens is 2. The van der Waals surface area contributed by atoms with Crippen molar-refractivity contribution in [2.24, 2.45) is 0 Å². The third-order valence-corrected chi connectivity index (χ3v) is 6.73. The number of rotatable bonds is 5. The highest BCUT2D eigenvalue weighted by Crippen LogP contribution is 2.33. The molecule has 0 bridgehead atoms. The van der Waals surface area contributed by atoms with E-state index < -0.39 is 11.9 Å². The summed E-state index contributed by atoms with van der Waals surface area (Å²) >= 11 is 5.97. The fraction of sp³-hybridized carbons (Fsp3) is 0.440. The van der Waals surface area contributed by atoms with E-state index in [9.17, 15) is 14.0 Å². The third kappa shape index (κ3) is 4.93. The molecule has 6 heteroatoms. The molecule has 4 rings (SSSR count). The van der Waals surface area contributed by atoms with Crippen LogP contribution in [-0.2, 0) is 16.0 Å². The van der Waals surface area contributed by atoms with Gasteiger partial charge in [-0.2, -0.15) is 0 Å². The molecule has 2 amide bonds. The van der Waals surface area contributed by atoms with Crippen molar-refractivity contribution in [1.82, 2.24) is 9.80 Å². The molecular formula is C25H28ClFN2O2. The van der Waals surface area contributed by atoms with Crippen molar-refractivity contribution in [2.45, 2.75) is 57.0 Å². The number of piperazine rings is 1. The predicted octanol–water partition coefficient (Wildman–Crippen LogP) is 5.16. The Kier molecular flexibility index (Phi) is 6.91. The van der Waals surface area contributed by atoms with Gasteiger partial charge in [-0.05, 0) is 43.0 Å². The largest absolute Gasteiger partial charge is 0.328 e. The molecule has 2 aromatic rings. The molecule has 0 aromatic heterocycles. The minimum atomic E-state index is -0.919. The molecule has 164 valence electrons. The molecule has 2 aliphatic rings. The minimum Gasteiger partial charge on any atom is -0.328 e. The van der Waals surface area contributed by atoms with Crippen LogP contribution in [-0.4, -0.2) is 40.7 Å². The molecule has 2 fully saturated rings. The Bertz CT molecular complexity index is 925. The Labute approximate surface area is 188 Å². The van der Waals surface area contributed by atoms with Gasteiger partial charge in [-0.15, -0.1) is 0 Å². The molecule has 1 aliphatic heterocycles. The number of nitrogens with zero attached hydrogens (tertiary/aromatic N) is 2. The maximum absolute atomic E-state index is 14.8. The van der Waals surface area contributed by atoms with Gasteiger partial charge in [0.2, 0.25) is 5.91 Å². The Morgan fingerprint density at radius 2 is 1.61 bits per heavy atom. The van der Waals surface area contributed by atoms with Gasteiger partial charge in [-0.3, -0.25) is 9.59 Å². The molecular weight excluding hydrogens is 415 g/mol. The molecule has 1 saturated heterocycles. The van der Waals surface area contributed by atoms with Crippen molar-refractivity contribution in [1.29, 1.82) is 0 Å². The van der Waals surface area contributed by atoms with Crippen molar-refractivity contribution in [3.8, 4) is 0 Å². The molecule has 1 aliphatic carbocycles. The van der Waals surface area contributed by atoms with Crippen molar-refractivity contribution >= 4 is 23.4 Å². The summed E-state index contributed by atoms with van der Waals surface area (Å²) in [6, 6.07) is 12.9. The van der Waals surface area contributed by atoms with Crippen LogP contribution in [0.15, 0.2) is 48.5 Å². The Hall–Kier alpha value is -2.40. The van der Waals surface area contributed by atoms with Crippen LogP contribution in [0.1, 0.15) is 55.7 Å². The minimum absolute atomic E-state index is 0.0617. The first-order chi connectivity index (χ1) is 15.0. The highest BCUT2D eigenvalue weighted by atomic mass is 35.5. The van der Waals surface area contributed by atoms with Crippen LogP contribution in [0.4, 0.5) is 4.39 Å². The lowest BCUT2D eigenvalue weighted by molar-refractivity contribution is -0.159. The Balaban J connectivity index is 1.61. The second kappa shape index (κ2) is 9.82. The van der Waals surface area contributed by atoms with Gasteiger partial charge in [0.15, 0.2) is 0 Å².